The molecule has 4 nitrogen and oxygen atoms in total. The first-order chi connectivity index (χ1) is 5.15. The minimum atomic E-state index is -0.852. The highest BCUT2D eigenvalue weighted by atomic mass is 35.5. The Balaban J connectivity index is 2.48. The van der Waals surface area contributed by atoms with Crippen molar-refractivity contribution in [3.05, 3.63) is 0 Å². The third-order valence-electron chi connectivity index (χ3n) is 1.70. The molecular weight excluding hydrogens is 172 g/mol. The second kappa shape index (κ2) is 3.69. The maximum Gasteiger partial charge on any atom is 0.157 e. The molecule has 66 valence electrons. The van der Waals surface area contributed by atoms with E-state index in [4.69, 9.17) is 31.7 Å². The Morgan fingerprint density at radius 2 is 2.00 bits per heavy atom. The standard InChI is InChI=1S/C6H11ClO4/c7-6-4(10)1-3(9)5(2-8)11-6/h3-6,8-10H,1-2H2/t3-,4-,5-,6-/m1/s1. The molecule has 0 amide bonds. The topological polar surface area (TPSA) is 69.9 Å². The highest BCUT2D eigenvalue weighted by Gasteiger charge is 2.34. The van der Waals surface area contributed by atoms with E-state index in [-0.39, 0.29) is 13.0 Å². The van der Waals surface area contributed by atoms with Gasteiger partial charge in [-0.1, -0.05) is 11.6 Å². The van der Waals surface area contributed by atoms with E-state index in [1.165, 1.54) is 0 Å². The predicted octanol–water partition coefficient (Wildman–Crippen LogP) is -0.946. The lowest BCUT2D eigenvalue weighted by atomic mass is 10.0. The van der Waals surface area contributed by atoms with Crippen LogP contribution in [0.5, 0.6) is 0 Å². The Bertz CT molecular complexity index is 132. The summed E-state index contributed by atoms with van der Waals surface area (Å²) >= 11 is 5.51. The minimum absolute atomic E-state index is 0.152. The number of aliphatic hydroxyl groups is 3. The summed E-state index contributed by atoms with van der Waals surface area (Å²) in [4.78, 5) is 0. The molecule has 0 radical (unpaired) electrons. The number of aliphatic hydroxyl groups excluding tert-OH is 3. The third-order valence-corrected chi connectivity index (χ3v) is 2.09. The van der Waals surface area contributed by atoms with Gasteiger partial charge in [-0.05, 0) is 0 Å². The Morgan fingerprint density at radius 1 is 1.36 bits per heavy atom. The highest BCUT2D eigenvalue weighted by molar-refractivity contribution is 6.20. The van der Waals surface area contributed by atoms with E-state index in [0.717, 1.165) is 0 Å². The van der Waals surface area contributed by atoms with E-state index < -0.39 is 23.9 Å². The molecule has 1 saturated heterocycles. The molecule has 0 saturated carbocycles. The van der Waals surface area contributed by atoms with Gasteiger partial charge in [0.2, 0.25) is 0 Å². The lowest BCUT2D eigenvalue weighted by molar-refractivity contribution is -0.152. The van der Waals surface area contributed by atoms with E-state index in [0.29, 0.717) is 0 Å². The van der Waals surface area contributed by atoms with Crippen LogP contribution in [0.3, 0.4) is 0 Å². The summed E-state index contributed by atoms with van der Waals surface area (Å²) < 4.78 is 4.88. The molecule has 1 heterocycles. The molecule has 5 heteroatoms. The monoisotopic (exact) mass is 182 g/mol. The maximum atomic E-state index is 9.15. The van der Waals surface area contributed by atoms with Crippen LogP contribution in [0.15, 0.2) is 0 Å². The average molecular weight is 183 g/mol. The van der Waals surface area contributed by atoms with Crippen molar-refractivity contribution in [2.45, 2.75) is 30.3 Å². The van der Waals surface area contributed by atoms with E-state index in [2.05, 4.69) is 0 Å². The second-order valence-electron chi connectivity index (χ2n) is 2.58. The largest absolute Gasteiger partial charge is 0.394 e. The van der Waals surface area contributed by atoms with Crippen LogP contribution in [0.25, 0.3) is 0 Å². The summed E-state index contributed by atoms with van der Waals surface area (Å²) in [6, 6.07) is 0. The number of alkyl halides is 1. The molecule has 4 atom stereocenters. The zero-order chi connectivity index (χ0) is 8.43. The Morgan fingerprint density at radius 3 is 2.55 bits per heavy atom. The summed E-state index contributed by atoms with van der Waals surface area (Å²) in [5, 5.41) is 26.9. The minimum Gasteiger partial charge on any atom is -0.394 e. The van der Waals surface area contributed by atoms with Crippen LogP contribution >= 0.6 is 11.6 Å². The van der Waals surface area contributed by atoms with E-state index in [1.807, 2.05) is 0 Å². The molecule has 1 rings (SSSR count). The number of rotatable bonds is 1. The van der Waals surface area contributed by atoms with Crippen LogP contribution in [-0.2, 0) is 4.74 Å². The van der Waals surface area contributed by atoms with E-state index in [9.17, 15) is 0 Å². The van der Waals surface area contributed by atoms with Gasteiger partial charge in [-0.25, -0.2) is 0 Å². The van der Waals surface area contributed by atoms with Gasteiger partial charge < -0.3 is 20.1 Å². The first kappa shape index (κ1) is 9.22. The third kappa shape index (κ3) is 2.04. The van der Waals surface area contributed by atoms with Crippen molar-refractivity contribution in [1.82, 2.24) is 0 Å². The van der Waals surface area contributed by atoms with Crippen molar-refractivity contribution < 1.29 is 20.1 Å². The molecule has 0 spiro atoms. The zero-order valence-corrected chi connectivity index (χ0v) is 6.61. The molecule has 3 N–H and O–H groups in total. The van der Waals surface area contributed by atoms with Crippen LogP contribution in [0.4, 0.5) is 0 Å². The number of hydrogen-bond donors (Lipinski definition) is 3. The van der Waals surface area contributed by atoms with Gasteiger partial charge in [0.1, 0.15) is 6.10 Å². The van der Waals surface area contributed by atoms with Gasteiger partial charge >= 0.3 is 0 Å². The summed E-state index contributed by atoms with van der Waals surface area (Å²) in [7, 11) is 0. The van der Waals surface area contributed by atoms with Gasteiger partial charge in [0.25, 0.3) is 0 Å². The quantitative estimate of drug-likeness (QED) is 0.458. The number of halogens is 1. The van der Waals surface area contributed by atoms with E-state index >= 15 is 0 Å². The van der Waals surface area contributed by atoms with Crippen LogP contribution in [-0.4, -0.2) is 45.8 Å². The van der Waals surface area contributed by atoms with Crippen molar-refractivity contribution in [2.75, 3.05) is 6.61 Å². The lowest BCUT2D eigenvalue weighted by Crippen LogP contribution is -2.46. The molecule has 0 aromatic rings. The van der Waals surface area contributed by atoms with Crippen LogP contribution in [0.2, 0.25) is 0 Å². The number of ether oxygens (including phenoxy) is 1. The molecule has 0 unspecified atom stereocenters. The molecule has 0 aliphatic carbocycles. The summed E-state index contributed by atoms with van der Waals surface area (Å²) in [5.74, 6) is 0. The predicted molar refractivity (Wildman–Crippen MR) is 38.2 cm³/mol. The molecule has 1 fully saturated rings. The molecule has 0 aromatic carbocycles. The van der Waals surface area contributed by atoms with Gasteiger partial charge in [-0.3, -0.25) is 0 Å². The molecule has 0 aromatic heterocycles. The van der Waals surface area contributed by atoms with Crippen LogP contribution in [0.1, 0.15) is 6.42 Å². The smallest absolute Gasteiger partial charge is 0.157 e. The zero-order valence-electron chi connectivity index (χ0n) is 5.85. The SMILES string of the molecule is OC[C@H]1O[C@@H](Cl)[C@H](O)C[C@H]1O. The average Bonchev–Trinajstić information content (AvgIpc) is 1.97. The fourth-order valence-corrected chi connectivity index (χ4v) is 1.25. The lowest BCUT2D eigenvalue weighted by Gasteiger charge is -2.33. The van der Waals surface area contributed by atoms with Gasteiger partial charge in [0.05, 0.1) is 18.8 Å². The van der Waals surface area contributed by atoms with Gasteiger partial charge in [-0.15, -0.1) is 0 Å². The fraction of sp³-hybridized carbons (Fsp3) is 1.00. The second-order valence-corrected chi connectivity index (χ2v) is 3.01. The highest BCUT2D eigenvalue weighted by Crippen LogP contribution is 2.22. The van der Waals surface area contributed by atoms with Crippen LogP contribution < -0.4 is 0 Å². The molecule has 11 heavy (non-hydrogen) atoms. The van der Waals surface area contributed by atoms with Crippen LogP contribution in [0, 0.1) is 0 Å². The van der Waals surface area contributed by atoms with Crippen molar-refractivity contribution >= 4 is 11.6 Å². The summed E-state index contributed by atoms with van der Waals surface area (Å²) in [5.41, 5.74) is -0.824. The molecule has 1 aliphatic rings. The molecule has 0 bridgehead atoms. The first-order valence-corrected chi connectivity index (χ1v) is 3.85. The molecule has 1 aliphatic heterocycles. The Kier molecular flexibility index (Phi) is 3.09. The van der Waals surface area contributed by atoms with Crippen molar-refractivity contribution in [2.24, 2.45) is 0 Å². The first-order valence-electron chi connectivity index (χ1n) is 3.41. The number of hydrogen-bond acceptors (Lipinski definition) is 4. The van der Waals surface area contributed by atoms with Gasteiger partial charge in [-0.2, -0.15) is 0 Å². The summed E-state index contributed by atoms with van der Waals surface area (Å²) in [6.45, 7) is -0.281. The molecular formula is C6H11ClO4. The van der Waals surface area contributed by atoms with Crippen molar-refractivity contribution in [3.63, 3.8) is 0 Å². The fourth-order valence-electron chi connectivity index (χ4n) is 1.02. The normalized spacial score (nSPS) is 45.8. The maximum absolute atomic E-state index is 9.15. The van der Waals surface area contributed by atoms with Crippen molar-refractivity contribution in [1.29, 1.82) is 0 Å². The van der Waals surface area contributed by atoms with Gasteiger partial charge in [0.15, 0.2) is 5.56 Å². The summed E-state index contributed by atoms with van der Waals surface area (Å²) in [6.07, 6.45) is -2.19. The van der Waals surface area contributed by atoms with Crippen molar-refractivity contribution in [3.8, 4) is 0 Å². The Hall–Kier alpha value is 0.130. The van der Waals surface area contributed by atoms with E-state index in [1.54, 1.807) is 0 Å². The Labute approximate surface area is 69.4 Å². The van der Waals surface area contributed by atoms with Gasteiger partial charge in [0, 0.05) is 6.42 Å².